The van der Waals surface area contributed by atoms with Gasteiger partial charge in [-0.25, -0.2) is 4.79 Å². The molecule has 6 heteroatoms. The number of benzene rings is 1. The van der Waals surface area contributed by atoms with Gasteiger partial charge in [0.1, 0.15) is 4.88 Å². The number of hydrogen-bond acceptors (Lipinski definition) is 5. The molecule has 1 amide bonds. The molecule has 3 rings (SSSR count). The van der Waals surface area contributed by atoms with E-state index in [0.29, 0.717) is 17.2 Å². The van der Waals surface area contributed by atoms with Crippen LogP contribution >= 0.6 is 11.3 Å². The Kier molecular flexibility index (Phi) is 7.45. The summed E-state index contributed by atoms with van der Waals surface area (Å²) in [5.74, 6) is -0.344. The van der Waals surface area contributed by atoms with Gasteiger partial charge in [0.05, 0.1) is 25.4 Å². The molecule has 1 aromatic carbocycles. The quantitative estimate of drug-likeness (QED) is 0.587. The van der Waals surface area contributed by atoms with Crippen LogP contribution in [0.5, 0.6) is 0 Å². The van der Waals surface area contributed by atoms with Crippen LogP contribution in [0, 0.1) is 5.92 Å². The third kappa shape index (κ3) is 4.87. The van der Waals surface area contributed by atoms with Gasteiger partial charge in [-0.1, -0.05) is 49.6 Å². The highest BCUT2D eigenvalue weighted by molar-refractivity contribution is 7.18. The lowest BCUT2D eigenvalue weighted by Crippen LogP contribution is -2.45. The summed E-state index contributed by atoms with van der Waals surface area (Å²) in [6.07, 6.45) is 5.13. The van der Waals surface area contributed by atoms with Crippen LogP contribution in [-0.2, 0) is 14.3 Å². The van der Waals surface area contributed by atoms with Crippen LogP contribution in [-0.4, -0.2) is 38.7 Å². The Hall–Kier alpha value is -2.18. The van der Waals surface area contributed by atoms with Gasteiger partial charge in [0.25, 0.3) is 0 Å². The van der Waals surface area contributed by atoms with Crippen LogP contribution in [0.2, 0.25) is 0 Å². The van der Waals surface area contributed by atoms with Crippen LogP contribution in [0.3, 0.4) is 0 Å². The molecule has 0 bridgehead atoms. The molecule has 0 spiro atoms. The summed E-state index contributed by atoms with van der Waals surface area (Å²) < 4.78 is 10.4. The second-order valence-corrected chi connectivity index (χ2v) is 8.58. The topological polar surface area (TPSA) is 55.8 Å². The fourth-order valence-corrected chi connectivity index (χ4v) is 5.05. The Balaban J connectivity index is 2.06. The zero-order valence-electron chi connectivity index (χ0n) is 17.3. The van der Waals surface area contributed by atoms with Gasteiger partial charge in [-0.15, -0.1) is 11.3 Å². The van der Waals surface area contributed by atoms with Crippen molar-refractivity contribution in [3.63, 3.8) is 0 Å². The van der Waals surface area contributed by atoms with E-state index < -0.39 is 5.97 Å². The van der Waals surface area contributed by atoms with Crippen molar-refractivity contribution in [3.05, 3.63) is 41.3 Å². The molecule has 5 nitrogen and oxygen atoms in total. The minimum atomic E-state index is -0.418. The van der Waals surface area contributed by atoms with Gasteiger partial charge in [-0.3, -0.25) is 4.79 Å². The van der Waals surface area contributed by atoms with Gasteiger partial charge in [-0.05, 0) is 31.4 Å². The monoisotopic (exact) mass is 415 g/mol. The molecule has 0 saturated heterocycles. The molecule has 0 N–H and O–H groups in total. The maximum absolute atomic E-state index is 13.5. The molecule has 2 aromatic rings. The van der Waals surface area contributed by atoms with E-state index in [1.807, 2.05) is 43.3 Å². The van der Waals surface area contributed by atoms with Gasteiger partial charge < -0.3 is 14.4 Å². The van der Waals surface area contributed by atoms with Crippen LogP contribution in [0.15, 0.2) is 36.4 Å². The zero-order chi connectivity index (χ0) is 20.8. The molecular weight excluding hydrogens is 386 g/mol. The maximum Gasteiger partial charge on any atom is 0.350 e. The third-order valence-electron chi connectivity index (χ3n) is 5.44. The lowest BCUT2D eigenvalue weighted by atomic mass is 9.88. The fraction of sp³-hybridized carbons (Fsp3) is 0.478. The Labute approximate surface area is 176 Å². The smallest absolute Gasteiger partial charge is 0.350 e. The molecule has 1 atom stereocenters. The van der Waals surface area contributed by atoms with Gasteiger partial charge in [0.2, 0.25) is 5.91 Å². The number of methoxy groups -OCH3 is 2. The predicted octanol–water partition coefficient (Wildman–Crippen LogP) is 5.15. The molecule has 1 saturated carbocycles. The summed E-state index contributed by atoms with van der Waals surface area (Å²) in [7, 11) is 3.00. The molecule has 0 radical (unpaired) electrons. The van der Waals surface area contributed by atoms with E-state index in [1.165, 1.54) is 24.9 Å². The minimum Gasteiger partial charge on any atom is -0.465 e. The van der Waals surface area contributed by atoms with E-state index in [9.17, 15) is 9.59 Å². The van der Waals surface area contributed by atoms with Crippen molar-refractivity contribution in [2.75, 3.05) is 25.7 Å². The number of amides is 1. The largest absolute Gasteiger partial charge is 0.465 e. The number of hydrogen-bond donors (Lipinski definition) is 0. The summed E-state index contributed by atoms with van der Waals surface area (Å²) in [6.45, 7) is 2.36. The molecular formula is C23H29NO4S. The average Bonchev–Trinajstić information content (AvgIpc) is 3.19. The number of thiophene rings is 1. The summed E-state index contributed by atoms with van der Waals surface area (Å²) in [5, 5.41) is 0. The van der Waals surface area contributed by atoms with Crippen molar-refractivity contribution in [3.8, 4) is 10.4 Å². The lowest BCUT2D eigenvalue weighted by molar-refractivity contribution is -0.124. The molecule has 1 aliphatic carbocycles. The molecule has 1 fully saturated rings. The van der Waals surface area contributed by atoms with Gasteiger partial charge in [0.15, 0.2) is 0 Å². The Morgan fingerprint density at radius 1 is 1.14 bits per heavy atom. The first-order chi connectivity index (χ1) is 14.1. The van der Waals surface area contributed by atoms with Crippen molar-refractivity contribution in [2.45, 2.75) is 45.1 Å². The molecule has 0 aliphatic heterocycles. The molecule has 1 aromatic heterocycles. The maximum atomic E-state index is 13.5. The van der Waals surface area contributed by atoms with Gasteiger partial charge in [0, 0.05) is 17.9 Å². The fourth-order valence-electron chi connectivity index (χ4n) is 3.98. The summed E-state index contributed by atoms with van der Waals surface area (Å²) >= 11 is 1.36. The highest BCUT2D eigenvalue weighted by Crippen LogP contribution is 2.39. The first-order valence-corrected chi connectivity index (χ1v) is 11.0. The number of ether oxygens (including phenoxy) is 2. The van der Waals surface area contributed by atoms with E-state index in [2.05, 4.69) is 0 Å². The highest BCUT2D eigenvalue weighted by Gasteiger charge is 2.34. The highest BCUT2D eigenvalue weighted by atomic mass is 32.1. The number of nitrogens with zero attached hydrogens (tertiary/aromatic N) is 1. The third-order valence-corrected chi connectivity index (χ3v) is 6.59. The van der Waals surface area contributed by atoms with Crippen LogP contribution in [0.1, 0.15) is 48.7 Å². The molecule has 156 valence electrons. The van der Waals surface area contributed by atoms with E-state index >= 15 is 0 Å². The van der Waals surface area contributed by atoms with E-state index in [1.54, 1.807) is 12.0 Å². The summed E-state index contributed by atoms with van der Waals surface area (Å²) in [5.41, 5.74) is 1.64. The number of carbonyl (C=O) groups excluding carboxylic acids is 2. The van der Waals surface area contributed by atoms with Crippen molar-refractivity contribution in [2.24, 2.45) is 5.92 Å². The number of rotatable bonds is 7. The average molecular weight is 416 g/mol. The molecule has 29 heavy (non-hydrogen) atoms. The second kappa shape index (κ2) is 10.0. The van der Waals surface area contributed by atoms with Crippen molar-refractivity contribution in [1.82, 2.24) is 0 Å². The second-order valence-electron chi connectivity index (χ2n) is 7.53. The predicted molar refractivity (Wildman–Crippen MR) is 116 cm³/mol. The zero-order valence-corrected chi connectivity index (χ0v) is 18.2. The van der Waals surface area contributed by atoms with Crippen LogP contribution in [0.25, 0.3) is 10.4 Å². The number of anilines is 1. The van der Waals surface area contributed by atoms with E-state index in [0.717, 1.165) is 36.1 Å². The standard InChI is InChI=1S/C23H29NO4S/c1-16(15-27-2)24(22(25)18-12-8-5-9-13-18)19-14-20(17-10-6-4-7-11-17)29-21(19)23(26)28-3/h4,6-7,10-11,14,16,18H,5,8-9,12-13,15H2,1-3H3. The van der Waals surface area contributed by atoms with Gasteiger partial charge >= 0.3 is 5.97 Å². The minimum absolute atomic E-state index is 0.00590. The number of esters is 1. The Morgan fingerprint density at radius 3 is 2.45 bits per heavy atom. The SMILES string of the molecule is COCC(C)N(C(=O)C1CCCCC1)c1cc(-c2ccccc2)sc1C(=O)OC. The van der Waals surface area contributed by atoms with Crippen LogP contribution < -0.4 is 4.90 Å². The molecule has 1 unspecified atom stereocenters. The van der Waals surface area contributed by atoms with E-state index in [-0.39, 0.29) is 17.9 Å². The van der Waals surface area contributed by atoms with Crippen molar-refractivity contribution < 1.29 is 19.1 Å². The van der Waals surface area contributed by atoms with Gasteiger partial charge in [-0.2, -0.15) is 0 Å². The van der Waals surface area contributed by atoms with E-state index in [4.69, 9.17) is 9.47 Å². The lowest BCUT2D eigenvalue weighted by Gasteiger charge is -2.33. The summed E-state index contributed by atoms with van der Waals surface area (Å²) in [6, 6.07) is 11.6. The number of carbonyl (C=O) groups is 2. The molecule has 1 aliphatic rings. The summed E-state index contributed by atoms with van der Waals surface area (Å²) in [4.78, 5) is 29.3. The first-order valence-electron chi connectivity index (χ1n) is 10.2. The van der Waals surface area contributed by atoms with Crippen molar-refractivity contribution >= 4 is 28.9 Å². The Morgan fingerprint density at radius 2 is 1.83 bits per heavy atom. The Bertz CT molecular complexity index is 827. The van der Waals surface area contributed by atoms with Crippen LogP contribution in [0.4, 0.5) is 5.69 Å². The first kappa shape index (κ1) is 21.5. The normalized spacial score (nSPS) is 15.7. The van der Waals surface area contributed by atoms with Crippen molar-refractivity contribution in [1.29, 1.82) is 0 Å². The molecule has 1 heterocycles.